The van der Waals surface area contributed by atoms with Crippen LogP contribution in [0.25, 0.3) is 0 Å². The van der Waals surface area contributed by atoms with E-state index in [2.05, 4.69) is 20.9 Å². The number of pyridine rings is 1. The van der Waals surface area contributed by atoms with Gasteiger partial charge in [-0.05, 0) is 18.1 Å². The summed E-state index contributed by atoms with van der Waals surface area (Å²) in [7, 11) is 0. The lowest BCUT2D eigenvalue weighted by Gasteiger charge is -2.46. The summed E-state index contributed by atoms with van der Waals surface area (Å²) < 4.78 is 0. The normalized spacial score (nSPS) is 26.9. The second-order valence-corrected chi connectivity index (χ2v) is 5.69. The molecule has 3 N–H and O–H groups in total. The SMILES string of the molecule is CCCCN1C(=O)NC(=O)C2C(c3cccnc3)NC(=O)NC21. The average molecular weight is 317 g/mol. The number of hydrogen-bond donors (Lipinski definition) is 3. The third kappa shape index (κ3) is 2.84. The fourth-order valence-corrected chi connectivity index (χ4v) is 3.05. The Kier molecular flexibility index (Phi) is 4.14. The van der Waals surface area contributed by atoms with Crippen molar-refractivity contribution in [3.8, 4) is 0 Å². The Morgan fingerprint density at radius 3 is 2.78 bits per heavy atom. The molecule has 1 aromatic heterocycles. The second kappa shape index (κ2) is 6.23. The van der Waals surface area contributed by atoms with Crippen LogP contribution < -0.4 is 16.0 Å². The number of carbonyl (C=O) groups excluding carboxylic acids is 3. The molecule has 0 spiro atoms. The molecular formula is C15H19N5O3. The van der Waals surface area contributed by atoms with Gasteiger partial charge in [0, 0.05) is 18.9 Å². The van der Waals surface area contributed by atoms with Crippen LogP contribution in [0.5, 0.6) is 0 Å². The van der Waals surface area contributed by atoms with Crippen LogP contribution in [0.3, 0.4) is 0 Å². The molecule has 2 fully saturated rings. The molecule has 2 aliphatic heterocycles. The zero-order valence-electron chi connectivity index (χ0n) is 12.8. The van der Waals surface area contributed by atoms with Crippen LogP contribution in [0.2, 0.25) is 0 Å². The van der Waals surface area contributed by atoms with Gasteiger partial charge >= 0.3 is 12.1 Å². The number of aromatic nitrogens is 1. The molecule has 0 aromatic carbocycles. The Bertz CT molecular complexity index is 621. The topological polar surface area (TPSA) is 103 Å². The molecular weight excluding hydrogens is 298 g/mol. The van der Waals surface area contributed by atoms with E-state index in [1.165, 1.54) is 4.90 Å². The minimum atomic E-state index is -0.651. The van der Waals surface area contributed by atoms with E-state index in [1.54, 1.807) is 24.5 Å². The Morgan fingerprint density at radius 1 is 1.26 bits per heavy atom. The molecule has 3 heterocycles. The van der Waals surface area contributed by atoms with Crippen LogP contribution in [-0.4, -0.2) is 40.6 Å². The van der Waals surface area contributed by atoms with Crippen molar-refractivity contribution in [2.45, 2.75) is 32.0 Å². The number of nitrogens with zero attached hydrogens (tertiary/aromatic N) is 2. The smallest absolute Gasteiger partial charge is 0.325 e. The summed E-state index contributed by atoms with van der Waals surface area (Å²) in [5, 5.41) is 7.86. The van der Waals surface area contributed by atoms with Gasteiger partial charge in [-0.1, -0.05) is 19.4 Å². The summed E-state index contributed by atoms with van der Waals surface area (Å²) in [5.74, 6) is -0.999. The van der Waals surface area contributed by atoms with E-state index in [1.807, 2.05) is 6.92 Å². The monoisotopic (exact) mass is 317 g/mol. The quantitative estimate of drug-likeness (QED) is 0.761. The summed E-state index contributed by atoms with van der Waals surface area (Å²) in [4.78, 5) is 42.1. The fraction of sp³-hybridized carbons (Fsp3) is 0.467. The van der Waals surface area contributed by atoms with Crippen molar-refractivity contribution in [2.75, 3.05) is 6.54 Å². The summed E-state index contributed by atoms with van der Waals surface area (Å²) in [6.45, 7) is 2.50. The number of fused-ring (bicyclic) bond motifs is 1. The lowest BCUT2D eigenvalue weighted by molar-refractivity contribution is -0.130. The zero-order valence-corrected chi connectivity index (χ0v) is 12.8. The molecule has 2 saturated heterocycles. The highest BCUT2D eigenvalue weighted by Crippen LogP contribution is 2.31. The van der Waals surface area contributed by atoms with Gasteiger partial charge in [0.1, 0.15) is 12.1 Å². The predicted molar refractivity (Wildman–Crippen MR) is 81.1 cm³/mol. The minimum absolute atomic E-state index is 0.394. The molecule has 8 heteroatoms. The van der Waals surface area contributed by atoms with Crippen LogP contribution in [0.4, 0.5) is 9.59 Å². The molecule has 122 valence electrons. The highest BCUT2D eigenvalue weighted by Gasteiger charge is 2.49. The van der Waals surface area contributed by atoms with Crippen LogP contribution >= 0.6 is 0 Å². The molecule has 5 amide bonds. The molecule has 0 saturated carbocycles. The maximum atomic E-state index is 12.4. The molecule has 3 unspecified atom stereocenters. The van der Waals surface area contributed by atoms with Gasteiger partial charge in [-0.3, -0.25) is 15.1 Å². The number of urea groups is 2. The molecule has 3 atom stereocenters. The lowest BCUT2D eigenvalue weighted by Crippen LogP contribution is -2.72. The maximum Gasteiger partial charge on any atom is 0.325 e. The van der Waals surface area contributed by atoms with Crippen LogP contribution in [0, 0.1) is 5.92 Å². The Morgan fingerprint density at radius 2 is 2.09 bits per heavy atom. The first kappa shape index (κ1) is 15.3. The predicted octanol–water partition coefficient (Wildman–Crippen LogP) is 0.730. The average Bonchev–Trinajstić information content (AvgIpc) is 2.54. The van der Waals surface area contributed by atoms with Crippen molar-refractivity contribution in [1.29, 1.82) is 0 Å². The molecule has 0 bridgehead atoms. The third-order valence-corrected chi connectivity index (χ3v) is 4.19. The van der Waals surface area contributed by atoms with E-state index < -0.39 is 36.1 Å². The van der Waals surface area contributed by atoms with Crippen molar-refractivity contribution in [1.82, 2.24) is 25.8 Å². The Hall–Kier alpha value is -2.64. The van der Waals surface area contributed by atoms with Crippen molar-refractivity contribution in [2.24, 2.45) is 5.92 Å². The number of hydrogen-bond acceptors (Lipinski definition) is 4. The summed E-state index contributed by atoms with van der Waals surface area (Å²) in [6, 6.07) is 2.17. The van der Waals surface area contributed by atoms with Gasteiger partial charge in [0.25, 0.3) is 0 Å². The van der Waals surface area contributed by atoms with Crippen LogP contribution in [0.15, 0.2) is 24.5 Å². The van der Waals surface area contributed by atoms with Gasteiger partial charge in [-0.15, -0.1) is 0 Å². The van der Waals surface area contributed by atoms with E-state index in [0.717, 1.165) is 18.4 Å². The number of nitrogens with one attached hydrogen (secondary N) is 3. The highest BCUT2D eigenvalue weighted by molar-refractivity contribution is 6.00. The molecule has 1 aromatic rings. The van der Waals surface area contributed by atoms with E-state index in [0.29, 0.717) is 6.54 Å². The van der Waals surface area contributed by atoms with Crippen molar-refractivity contribution in [3.63, 3.8) is 0 Å². The zero-order chi connectivity index (χ0) is 16.4. The first-order valence-corrected chi connectivity index (χ1v) is 7.70. The Balaban J connectivity index is 1.94. The van der Waals surface area contributed by atoms with Gasteiger partial charge in [0.2, 0.25) is 5.91 Å². The van der Waals surface area contributed by atoms with E-state index in [9.17, 15) is 14.4 Å². The Labute approximate surface area is 133 Å². The standard InChI is InChI=1S/C15H19N5O3/c1-2-3-7-20-12-10(13(21)19-15(20)23)11(17-14(22)18-12)9-5-4-6-16-8-9/h4-6,8,10-12H,2-3,7H2,1H3,(H2,17,18,22)(H,19,21,23). The van der Waals surface area contributed by atoms with Gasteiger partial charge in [-0.2, -0.15) is 0 Å². The number of rotatable bonds is 4. The first-order valence-electron chi connectivity index (χ1n) is 7.70. The molecule has 3 rings (SSSR count). The fourth-order valence-electron chi connectivity index (χ4n) is 3.05. The first-order chi connectivity index (χ1) is 11.1. The van der Waals surface area contributed by atoms with Crippen molar-refractivity contribution >= 4 is 18.0 Å². The largest absolute Gasteiger partial charge is 0.330 e. The number of amides is 5. The van der Waals surface area contributed by atoms with E-state index in [-0.39, 0.29) is 0 Å². The van der Waals surface area contributed by atoms with Crippen LogP contribution in [0.1, 0.15) is 31.4 Å². The molecule has 0 aliphatic carbocycles. The summed E-state index contributed by atoms with van der Waals surface area (Å²) in [5.41, 5.74) is 0.734. The molecule has 23 heavy (non-hydrogen) atoms. The van der Waals surface area contributed by atoms with Gasteiger partial charge < -0.3 is 15.5 Å². The molecule has 2 aliphatic rings. The third-order valence-electron chi connectivity index (χ3n) is 4.19. The van der Waals surface area contributed by atoms with E-state index in [4.69, 9.17) is 0 Å². The van der Waals surface area contributed by atoms with Gasteiger partial charge in [0.15, 0.2) is 0 Å². The second-order valence-electron chi connectivity index (χ2n) is 5.69. The van der Waals surface area contributed by atoms with Crippen molar-refractivity contribution < 1.29 is 14.4 Å². The number of unbranched alkanes of at least 4 members (excludes halogenated alkanes) is 1. The maximum absolute atomic E-state index is 12.4. The van der Waals surface area contributed by atoms with Gasteiger partial charge in [0.05, 0.1) is 6.04 Å². The summed E-state index contributed by atoms with van der Waals surface area (Å²) >= 11 is 0. The number of carbonyl (C=O) groups is 3. The lowest BCUT2D eigenvalue weighted by atomic mass is 9.86. The molecule has 8 nitrogen and oxygen atoms in total. The highest BCUT2D eigenvalue weighted by atomic mass is 16.2. The van der Waals surface area contributed by atoms with Crippen LogP contribution in [-0.2, 0) is 4.79 Å². The van der Waals surface area contributed by atoms with E-state index >= 15 is 0 Å². The summed E-state index contributed by atoms with van der Waals surface area (Å²) in [6.07, 6.45) is 4.30. The minimum Gasteiger partial charge on any atom is -0.330 e. The number of imide groups is 1. The van der Waals surface area contributed by atoms with Crippen molar-refractivity contribution in [3.05, 3.63) is 30.1 Å². The molecule has 0 radical (unpaired) electrons. The van der Waals surface area contributed by atoms with Gasteiger partial charge in [-0.25, -0.2) is 9.59 Å².